The lowest BCUT2D eigenvalue weighted by molar-refractivity contribution is 0.175. The van der Waals surface area contributed by atoms with Gasteiger partial charge in [0.1, 0.15) is 5.82 Å². The van der Waals surface area contributed by atoms with E-state index in [1.54, 1.807) is 17.9 Å². The number of hydrogen-bond donors (Lipinski definition) is 0. The second kappa shape index (κ2) is 7.33. The van der Waals surface area contributed by atoms with Gasteiger partial charge in [-0.15, -0.1) is 0 Å². The largest absolute Gasteiger partial charge is 0.472 e. The molecule has 1 aliphatic rings. The van der Waals surface area contributed by atoms with Gasteiger partial charge >= 0.3 is 5.69 Å². The van der Waals surface area contributed by atoms with E-state index >= 15 is 0 Å². The van der Waals surface area contributed by atoms with Crippen molar-refractivity contribution in [1.29, 1.82) is 0 Å². The van der Waals surface area contributed by atoms with Crippen LogP contribution in [-0.4, -0.2) is 32.3 Å². The maximum Gasteiger partial charge on any atom is 0.350 e. The molecule has 0 saturated carbocycles. The van der Waals surface area contributed by atoms with Crippen molar-refractivity contribution in [3.05, 3.63) is 70.8 Å². The minimum Gasteiger partial charge on any atom is -0.472 e. The number of rotatable bonds is 5. The van der Waals surface area contributed by atoms with Gasteiger partial charge in [-0.25, -0.2) is 14.0 Å². The molecule has 1 fully saturated rings. The summed E-state index contributed by atoms with van der Waals surface area (Å²) in [5.74, 6) is 1.41. The molecule has 0 bridgehead atoms. The molecule has 26 heavy (non-hydrogen) atoms. The van der Waals surface area contributed by atoms with E-state index in [2.05, 4.69) is 10.00 Å². The molecule has 1 saturated heterocycles. The third kappa shape index (κ3) is 3.51. The zero-order valence-electron chi connectivity index (χ0n) is 15.0. The Balaban J connectivity index is 1.44. The predicted molar refractivity (Wildman–Crippen MR) is 99.2 cm³/mol. The lowest BCUT2D eigenvalue weighted by Gasteiger charge is -2.31. The van der Waals surface area contributed by atoms with Crippen LogP contribution in [0.5, 0.6) is 0 Å². The molecular formula is C20H24N4O2. The Hall–Kier alpha value is -2.60. The fourth-order valence-corrected chi connectivity index (χ4v) is 3.73. The molecule has 3 aromatic rings. The highest BCUT2D eigenvalue weighted by Gasteiger charge is 2.23. The molecule has 0 spiro atoms. The molecular weight excluding hydrogens is 328 g/mol. The van der Waals surface area contributed by atoms with Crippen molar-refractivity contribution in [3.63, 3.8) is 0 Å². The monoisotopic (exact) mass is 352 g/mol. The Labute approximate surface area is 152 Å². The van der Waals surface area contributed by atoms with Crippen molar-refractivity contribution in [2.24, 2.45) is 13.0 Å². The van der Waals surface area contributed by atoms with Crippen LogP contribution in [0.25, 0.3) is 5.69 Å². The summed E-state index contributed by atoms with van der Waals surface area (Å²) in [5, 5.41) is 4.50. The number of aryl methyl sites for hydroxylation is 1. The number of furan rings is 1. The van der Waals surface area contributed by atoms with Gasteiger partial charge in [0.25, 0.3) is 0 Å². The average Bonchev–Trinajstić information content (AvgIpc) is 3.26. The molecule has 6 heteroatoms. The predicted octanol–water partition coefficient (Wildman–Crippen LogP) is 2.62. The van der Waals surface area contributed by atoms with E-state index < -0.39 is 0 Å². The van der Waals surface area contributed by atoms with Gasteiger partial charge in [-0.3, -0.25) is 4.90 Å². The third-order valence-corrected chi connectivity index (χ3v) is 5.17. The normalized spacial score (nSPS) is 16.2. The van der Waals surface area contributed by atoms with E-state index in [-0.39, 0.29) is 5.69 Å². The van der Waals surface area contributed by atoms with E-state index in [0.717, 1.165) is 50.4 Å². The van der Waals surface area contributed by atoms with Crippen molar-refractivity contribution in [2.45, 2.75) is 25.8 Å². The van der Waals surface area contributed by atoms with Gasteiger partial charge in [-0.1, -0.05) is 18.2 Å². The zero-order valence-corrected chi connectivity index (χ0v) is 15.0. The second-order valence-electron chi connectivity index (χ2n) is 7.05. The van der Waals surface area contributed by atoms with Crippen LogP contribution in [0.2, 0.25) is 0 Å². The molecule has 1 aliphatic heterocycles. The first-order chi connectivity index (χ1) is 12.7. The molecule has 4 rings (SSSR count). The standard InChI is InChI=1S/C20H24N4O2/c1-22-20(25)24(18-5-3-2-4-6-18)19(21-22)13-16-7-10-23(11-8-16)14-17-9-12-26-15-17/h2-6,9,12,15-16H,7-8,10-11,13-14H2,1H3. The quantitative estimate of drug-likeness (QED) is 0.708. The van der Waals surface area contributed by atoms with Crippen molar-refractivity contribution >= 4 is 0 Å². The molecule has 0 aliphatic carbocycles. The molecule has 0 unspecified atom stereocenters. The van der Waals surface area contributed by atoms with Gasteiger partial charge in [0.05, 0.1) is 18.2 Å². The fourth-order valence-electron chi connectivity index (χ4n) is 3.73. The minimum absolute atomic E-state index is 0.0800. The highest BCUT2D eigenvalue weighted by atomic mass is 16.3. The highest BCUT2D eigenvalue weighted by molar-refractivity contribution is 5.32. The molecule has 6 nitrogen and oxygen atoms in total. The molecule has 0 N–H and O–H groups in total. The second-order valence-corrected chi connectivity index (χ2v) is 7.05. The molecule has 1 aromatic carbocycles. The Morgan fingerprint density at radius 1 is 1.15 bits per heavy atom. The van der Waals surface area contributed by atoms with Gasteiger partial charge in [-0.05, 0) is 50.0 Å². The summed E-state index contributed by atoms with van der Waals surface area (Å²) in [5.41, 5.74) is 2.03. The Morgan fingerprint density at radius 3 is 2.62 bits per heavy atom. The number of hydrogen-bond acceptors (Lipinski definition) is 4. The summed E-state index contributed by atoms with van der Waals surface area (Å²) in [4.78, 5) is 15.0. The summed E-state index contributed by atoms with van der Waals surface area (Å²) < 4.78 is 8.34. The summed E-state index contributed by atoms with van der Waals surface area (Å²) in [7, 11) is 1.72. The van der Waals surface area contributed by atoms with E-state index in [0.29, 0.717) is 5.92 Å². The van der Waals surface area contributed by atoms with Crippen molar-refractivity contribution in [3.8, 4) is 5.69 Å². The van der Waals surface area contributed by atoms with Crippen LogP contribution in [0.15, 0.2) is 58.1 Å². The molecule has 2 aromatic heterocycles. The van der Waals surface area contributed by atoms with Gasteiger partial charge in [-0.2, -0.15) is 5.10 Å². The number of benzene rings is 1. The summed E-state index contributed by atoms with van der Waals surface area (Å²) >= 11 is 0. The van der Waals surface area contributed by atoms with Crippen molar-refractivity contribution < 1.29 is 4.42 Å². The third-order valence-electron chi connectivity index (χ3n) is 5.17. The Bertz CT molecular complexity index is 888. The topological polar surface area (TPSA) is 56.2 Å². The Kier molecular flexibility index (Phi) is 4.75. The van der Waals surface area contributed by atoms with Gasteiger partial charge in [0.2, 0.25) is 0 Å². The Morgan fingerprint density at radius 2 is 1.92 bits per heavy atom. The number of para-hydroxylation sites is 1. The first-order valence-corrected chi connectivity index (χ1v) is 9.14. The smallest absolute Gasteiger partial charge is 0.350 e. The van der Waals surface area contributed by atoms with Gasteiger partial charge in [0, 0.05) is 25.6 Å². The van der Waals surface area contributed by atoms with Crippen molar-refractivity contribution in [1.82, 2.24) is 19.2 Å². The van der Waals surface area contributed by atoms with E-state index in [1.165, 1.54) is 10.2 Å². The van der Waals surface area contributed by atoms with Crippen LogP contribution in [0.1, 0.15) is 24.2 Å². The molecule has 136 valence electrons. The average molecular weight is 352 g/mol. The number of nitrogens with zero attached hydrogens (tertiary/aromatic N) is 4. The molecule has 0 radical (unpaired) electrons. The molecule has 3 heterocycles. The summed E-state index contributed by atoms with van der Waals surface area (Å²) in [6.45, 7) is 3.08. The summed E-state index contributed by atoms with van der Waals surface area (Å²) in [6.07, 6.45) is 6.63. The highest BCUT2D eigenvalue weighted by Crippen LogP contribution is 2.23. The van der Waals surface area contributed by atoms with Crippen LogP contribution < -0.4 is 5.69 Å². The maximum absolute atomic E-state index is 12.5. The van der Waals surface area contributed by atoms with Crippen LogP contribution in [0.4, 0.5) is 0 Å². The SMILES string of the molecule is Cn1nc(CC2CCN(Cc3ccoc3)CC2)n(-c2ccccc2)c1=O. The van der Waals surface area contributed by atoms with E-state index in [9.17, 15) is 4.79 Å². The minimum atomic E-state index is -0.0800. The maximum atomic E-state index is 12.5. The first kappa shape index (κ1) is 16.8. The first-order valence-electron chi connectivity index (χ1n) is 9.14. The summed E-state index contributed by atoms with van der Waals surface area (Å²) in [6, 6.07) is 11.8. The van der Waals surface area contributed by atoms with Gasteiger partial charge in [0.15, 0.2) is 0 Å². The number of piperidine rings is 1. The van der Waals surface area contributed by atoms with Crippen LogP contribution in [-0.2, 0) is 20.0 Å². The molecule has 0 atom stereocenters. The number of likely N-dealkylation sites (tertiary alicyclic amines) is 1. The van der Waals surface area contributed by atoms with Crippen molar-refractivity contribution in [2.75, 3.05) is 13.1 Å². The van der Waals surface area contributed by atoms with Gasteiger partial charge < -0.3 is 4.42 Å². The van der Waals surface area contributed by atoms with E-state index in [1.807, 2.05) is 42.7 Å². The lowest BCUT2D eigenvalue weighted by atomic mass is 9.93. The fraction of sp³-hybridized carbons (Fsp3) is 0.400. The van der Waals surface area contributed by atoms with E-state index in [4.69, 9.17) is 4.42 Å². The molecule has 0 amide bonds. The van der Waals surface area contributed by atoms with Crippen LogP contribution in [0, 0.1) is 5.92 Å². The lowest BCUT2D eigenvalue weighted by Crippen LogP contribution is -2.34. The van der Waals surface area contributed by atoms with Crippen LogP contribution >= 0.6 is 0 Å². The number of aromatic nitrogens is 3. The van der Waals surface area contributed by atoms with Crippen LogP contribution in [0.3, 0.4) is 0 Å². The zero-order chi connectivity index (χ0) is 17.9.